The van der Waals surface area contributed by atoms with Crippen molar-refractivity contribution in [2.45, 2.75) is 18.6 Å². The summed E-state index contributed by atoms with van der Waals surface area (Å²) in [6.45, 7) is 0. The number of halogens is 5. The smallest absolute Gasteiger partial charge is 0.416 e. The first-order valence-electron chi connectivity index (χ1n) is 8.48. The lowest BCUT2D eigenvalue weighted by Gasteiger charge is -2.38. The first kappa shape index (κ1) is 21.7. The van der Waals surface area contributed by atoms with Crippen molar-refractivity contribution in [1.82, 2.24) is 0 Å². The molecule has 0 spiro atoms. The maximum Gasteiger partial charge on any atom is 0.416 e. The van der Waals surface area contributed by atoms with Crippen molar-refractivity contribution in [2.24, 2.45) is 0 Å². The molecule has 1 N–H and O–H groups in total. The van der Waals surface area contributed by atoms with E-state index in [2.05, 4.69) is 10.1 Å². The number of alkyl halides is 3. The molecule has 2 aromatic carbocycles. The molecule has 160 valence electrons. The molecule has 1 aliphatic rings. The van der Waals surface area contributed by atoms with Crippen LogP contribution in [0.3, 0.4) is 0 Å². The first-order chi connectivity index (χ1) is 14.1. The lowest BCUT2D eigenvalue weighted by molar-refractivity contribution is -0.141. The van der Waals surface area contributed by atoms with Gasteiger partial charge in [-0.3, -0.25) is 9.69 Å². The minimum atomic E-state index is -4.70. The summed E-state index contributed by atoms with van der Waals surface area (Å²) in [5.41, 5.74) is -1.42. The van der Waals surface area contributed by atoms with Gasteiger partial charge >= 0.3 is 18.2 Å². The van der Waals surface area contributed by atoms with Gasteiger partial charge in [-0.15, -0.1) is 0 Å². The molecule has 1 unspecified atom stereocenters. The van der Waals surface area contributed by atoms with Gasteiger partial charge < -0.3 is 14.8 Å². The standard InChI is InChI=1S/C19H15ClF4N2O4/c1-29-15-4-3-9(19(22,23)24)5-14(15)26-13(8-16(27)30-2)11-6-10(20)7-12(21)17(11)25-18(26)28/h3-7,13H,8H2,1-2H3,(H,25,28). The number of nitrogens with zero attached hydrogens (tertiary/aromatic N) is 1. The number of rotatable bonds is 4. The number of anilines is 2. The van der Waals surface area contributed by atoms with Gasteiger partial charge in [-0.1, -0.05) is 11.6 Å². The third kappa shape index (κ3) is 4.00. The molecule has 30 heavy (non-hydrogen) atoms. The molecule has 11 heteroatoms. The van der Waals surface area contributed by atoms with Gasteiger partial charge in [-0.25, -0.2) is 9.18 Å². The van der Waals surface area contributed by atoms with Crippen LogP contribution in [0, 0.1) is 5.82 Å². The molecule has 0 radical (unpaired) electrons. The van der Waals surface area contributed by atoms with E-state index < -0.39 is 42.0 Å². The Morgan fingerprint density at radius 1 is 1.23 bits per heavy atom. The molecule has 0 aromatic heterocycles. The molecular formula is C19H15ClF4N2O4. The van der Waals surface area contributed by atoms with Gasteiger partial charge in [0.25, 0.3) is 0 Å². The van der Waals surface area contributed by atoms with Crippen molar-refractivity contribution in [1.29, 1.82) is 0 Å². The molecule has 0 saturated carbocycles. The number of carbonyl (C=O) groups is 2. The van der Waals surface area contributed by atoms with Crippen LogP contribution in [0.25, 0.3) is 0 Å². The van der Waals surface area contributed by atoms with Crippen LogP contribution in [-0.2, 0) is 15.7 Å². The summed E-state index contributed by atoms with van der Waals surface area (Å²) in [6.07, 6.45) is -5.16. The third-order valence-electron chi connectivity index (χ3n) is 4.56. The summed E-state index contributed by atoms with van der Waals surface area (Å²) in [4.78, 5) is 25.7. The van der Waals surface area contributed by atoms with Gasteiger partial charge in [-0.05, 0) is 30.3 Å². The first-order valence-corrected chi connectivity index (χ1v) is 8.85. The van der Waals surface area contributed by atoms with Crippen LogP contribution in [0.5, 0.6) is 5.75 Å². The molecule has 0 fully saturated rings. The number of hydrogen-bond acceptors (Lipinski definition) is 4. The molecule has 1 heterocycles. The second kappa shape index (κ2) is 8.02. The van der Waals surface area contributed by atoms with E-state index in [1.54, 1.807) is 0 Å². The number of ether oxygens (including phenoxy) is 2. The van der Waals surface area contributed by atoms with E-state index in [1.165, 1.54) is 13.2 Å². The minimum Gasteiger partial charge on any atom is -0.495 e. The third-order valence-corrected chi connectivity index (χ3v) is 4.78. The number of fused-ring (bicyclic) bond motifs is 1. The average Bonchev–Trinajstić information content (AvgIpc) is 2.67. The molecule has 0 saturated heterocycles. The van der Waals surface area contributed by atoms with Crippen molar-refractivity contribution in [3.05, 3.63) is 52.3 Å². The monoisotopic (exact) mass is 446 g/mol. The molecule has 0 bridgehead atoms. The van der Waals surface area contributed by atoms with Crippen molar-refractivity contribution in [3.8, 4) is 5.75 Å². The maximum atomic E-state index is 14.4. The Labute approximate surface area is 173 Å². The number of esters is 1. The van der Waals surface area contributed by atoms with Crippen molar-refractivity contribution < 1.29 is 36.6 Å². The fourth-order valence-electron chi connectivity index (χ4n) is 3.21. The Morgan fingerprint density at radius 3 is 2.53 bits per heavy atom. The summed E-state index contributed by atoms with van der Waals surface area (Å²) in [6, 6.07) is 2.70. The van der Waals surface area contributed by atoms with E-state index in [1.807, 2.05) is 0 Å². The van der Waals surface area contributed by atoms with Crippen LogP contribution in [0.2, 0.25) is 5.02 Å². The summed E-state index contributed by atoms with van der Waals surface area (Å²) < 4.78 is 64.0. The molecule has 6 nitrogen and oxygen atoms in total. The topological polar surface area (TPSA) is 67.9 Å². The number of benzene rings is 2. The van der Waals surface area contributed by atoms with E-state index >= 15 is 0 Å². The normalized spacial score (nSPS) is 16.0. The number of urea groups is 1. The van der Waals surface area contributed by atoms with Crippen LogP contribution in [-0.4, -0.2) is 26.2 Å². The van der Waals surface area contributed by atoms with E-state index in [9.17, 15) is 27.2 Å². The molecule has 1 aliphatic heterocycles. The summed E-state index contributed by atoms with van der Waals surface area (Å²) in [7, 11) is 2.33. The quantitative estimate of drug-likeness (QED) is 0.520. The second-order valence-electron chi connectivity index (χ2n) is 6.33. The minimum absolute atomic E-state index is 0.0202. The summed E-state index contributed by atoms with van der Waals surface area (Å²) in [5.74, 6) is -1.67. The zero-order chi connectivity index (χ0) is 22.2. The predicted octanol–water partition coefficient (Wildman–Crippen LogP) is 5.16. The zero-order valence-electron chi connectivity index (χ0n) is 15.6. The van der Waals surface area contributed by atoms with Gasteiger partial charge in [0, 0.05) is 10.6 Å². The fourth-order valence-corrected chi connectivity index (χ4v) is 3.42. The van der Waals surface area contributed by atoms with Crippen molar-refractivity contribution in [2.75, 3.05) is 24.4 Å². The SMILES string of the molecule is COC(=O)CC1c2cc(Cl)cc(F)c2NC(=O)N1c1cc(C(F)(F)F)ccc1OC. The molecule has 2 aromatic rings. The zero-order valence-corrected chi connectivity index (χ0v) is 16.4. The Hall–Kier alpha value is -3.01. The summed E-state index contributed by atoms with van der Waals surface area (Å²) >= 11 is 5.93. The Kier molecular flexibility index (Phi) is 5.80. The van der Waals surface area contributed by atoms with Gasteiger partial charge in [0.1, 0.15) is 11.6 Å². The summed E-state index contributed by atoms with van der Waals surface area (Å²) in [5, 5.41) is 2.28. The molecular weight excluding hydrogens is 432 g/mol. The van der Waals surface area contributed by atoms with Gasteiger partial charge in [0.05, 0.1) is 43.6 Å². The number of hydrogen-bond donors (Lipinski definition) is 1. The van der Waals surface area contributed by atoms with E-state index in [0.717, 1.165) is 30.2 Å². The number of carbonyl (C=O) groups excluding carboxylic acids is 2. The van der Waals surface area contributed by atoms with Crippen LogP contribution < -0.4 is 15.0 Å². The Bertz CT molecular complexity index is 1010. The van der Waals surface area contributed by atoms with Crippen LogP contribution in [0.4, 0.5) is 33.7 Å². The van der Waals surface area contributed by atoms with Gasteiger partial charge in [0.2, 0.25) is 0 Å². The number of amides is 2. The predicted molar refractivity (Wildman–Crippen MR) is 100 cm³/mol. The molecule has 2 amide bonds. The lowest BCUT2D eigenvalue weighted by Crippen LogP contribution is -2.44. The molecule has 3 rings (SSSR count). The largest absolute Gasteiger partial charge is 0.495 e. The van der Waals surface area contributed by atoms with Gasteiger partial charge in [0.15, 0.2) is 0 Å². The highest BCUT2D eigenvalue weighted by atomic mass is 35.5. The van der Waals surface area contributed by atoms with E-state index in [-0.39, 0.29) is 27.7 Å². The van der Waals surface area contributed by atoms with Crippen LogP contribution >= 0.6 is 11.6 Å². The van der Waals surface area contributed by atoms with Crippen LogP contribution in [0.15, 0.2) is 30.3 Å². The maximum absolute atomic E-state index is 14.4. The average molecular weight is 447 g/mol. The number of methoxy groups -OCH3 is 2. The second-order valence-corrected chi connectivity index (χ2v) is 6.77. The van der Waals surface area contributed by atoms with Gasteiger partial charge in [-0.2, -0.15) is 13.2 Å². The molecule has 0 aliphatic carbocycles. The highest BCUT2D eigenvalue weighted by Crippen LogP contribution is 2.45. The Balaban J connectivity index is 2.24. The fraction of sp³-hybridized carbons (Fsp3) is 0.263. The van der Waals surface area contributed by atoms with E-state index in [0.29, 0.717) is 6.07 Å². The number of nitrogens with one attached hydrogen (secondary N) is 1. The highest BCUT2D eigenvalue weighted by Gasteiger charge is 2.40. The van der Waals surface area contributed by atoms with E-state index in [4.69, 9.17) is 16.3 Å². The molecule has 1 atom stereocenters. The van der Waals surface area contributed by atoms with Crippen LogP contribution in [0.1, 0.15) is 23.6 Å². The lowest BCUT2D eigenvalue weighted by atomic mass is 9.96. The van der Waals surface area contributed by atoms with Crippen molar-refractivity contribution in [3.63, 3.8) is 0 Å². The Morgan fingerprint density at radius 2 is 1.93 bits per heavy atom. The van der Waals surface area contributed by atoms with Crippen molar-refractivity contribution >= 4 is 35.0 Å². The highest BCUT2D eigenvalue weighted by molar-refractivity contribution is 6.30.